The van der Waals surface area contributed by atoms with E-state index in [9.17, 15) is 4.79 Å². The zero-order chi connectivity index (χ0) is 21.5. The summed E-state index contributed by atoms with van der Waals surface area (Å²) in [5.41, 5.74) is 1.95. The number of benzene rings is 2. The van der Waals surface area contributed by atoms with E-state index in [-0.39, 0.29) is 12.5 Å². The van der Waals surface area contributed by atoms with Crippen LogP contribution in [0.25, 0.3) is 12.2 Å². The third kappa shape index (κ3) is 5.63. The van der Waals surface area contributed by atoms with Crippen molar-refractivity contribution in [3.63, 3.8) is 0 Å². The largest absolute Gasteiger partial charge is 0.467 e. The molecule has 1 amide bonds. The molecule has 0 unspecified atom stereocenters. The molecule has 4 rings (SSSR count). The predicted octanol–water partition coefficient (Wildman–Crippen LogP) is 6.10. The van der Waals surface area contributed by atoms with E-state index in [1.165, 1.54) is 11.8 Å². The van der Waals surface area contributed by atoms with Crippen LogP contribution in [0.3, 0.4) is 0 Å². The minimum atomic E-state index is -0.148. The Morgan fingerprint density at radius 1 is 1.00 bits per heavy atom. The van der Waals surface area contributed by atoms with Gasteiger partial charge in [0.1, 0.15) is 5.76 Å². The van der Waals surface area contributed by atoms with Crippen molar-refractivity contribution in [1.82, 2.24) is 4.90 Å². The summed E-state index contributed by atoms with van der Waals surface area (Å²) in [5, 5.41) is 9.53. The Labute approximate surface area is 189 Å². The Morgan fingerprint density at radius 3 is 2.55 bits per heavy atom. The van der Waals surface area contributed by atoms with Gasteiger partial charge in [-0.1, -0.05) is 60.1 Å². The molecule has 1 aliphatic heterocycles. The summed E-state index contributed by atoms with van der Waals surface area (Å²) in [4.78, 5) is 15.1. The Balaban J connectivity index is 1.54. The zero-order valence-corrected chi connectivity index (χ0v) is 18.0. The lowest BCUT2D eigenvalue weighted by Gasteiger charge is -2.12. The van der Waals surface area contributed by atoms with Crippen LogP contribution in [-0.4, -0.2) is 22.2 Å². The van der Waals surface area contributed by atoms with E-state index in [1.807, 2.05) is 66.8 Å². The SMILES string of the molecule is O=C1/C(=C/c2ccc(Cl)cc2)S/C(=N/N=C\C=C\c2ccccc2)N1Cc1ccco1. The van der Waals surface area contributed by atoms with Crippen LogP contribution in [0, 0.1) is 0 Å². The number of amidine groups is 1. The van der Waals surface area contributed by atoms with Crippen LogP contribution >= 0.6 is 23.4 Å². The first-order valence-corrected chi connectivity index (χ1v) is 10.7. The van der Waals surface area contributed by atoms with Crippen molar-refractivity contribution in [1.29, 1.82) is 0 Å². The van der Waals surface area contributed by atoms with Gasteiger partial charge in [-0.3, -0.25) is 9.69 Å². The minimum Gasteiger partial charge on any atom is -0.467 e. The number of furan rings is 1. The number of allylic oxidation sites excluding steroid dienone is 1. The summed E-state index contributed by atoms with van der Waals surface area (Å²) in [6.45, 7) is 0.283. The van der Waals surface area contributed by atoms with Crippen LogP contribution in [0.1, 0.15) is 16.9 Å². The second kappa shape index (κ2) is 10.1. The molecule has 5 nitrogen and oxygen atoms in total. The fourth-order valence-electron chi connectivity index (χ4n) is 2.83. The Bertz CT molecular complexity index is 1150. The number of carbonyl (C=O) groups is 1. The molecule has 0 N–H and O–H groups in total. The van der Waals surface area contributed by atoms with Gasteiger partial charge in [0.25, 0.3) is 5.91 Å². The Hall–Kier alpha value is -3.35. The molecule has 0 atom stereocenters. The fourth-order valence-corrected chi connectivity index (χ4v) is 3.89. The van der Waals surface area contributed by atoms with Gasteiger partial charge in [0.15, 0.2) is 5.17 Å². The number of nitrogens with zero attached hydrogens (tertiary/aromatic N) is 3. The van der Waals surface area contributed by atoms with Crippen molar-refractivity contribution < 1.29 is 9.21 Å². The van der Waals surface area contributed by atoms with Crippen molar-refractivity contribution in [3.8, 4) is 0 Å². The molecule has 0 aliphatic carbocycles. The molecular weight excluding hydrogens is 430 g/mol. The van der Waals surface area contributed by atoms with E-state index in [2.05, 4.69) is 10.2 Å². The summed E-state index contributed by atoms with van der Waals surface area (Å²) in [5.74, 6) is 0.521. The van der Waals surface area contributed by atoms with Crippen LogP contribution in [-0.2, 0) is 11.3 Å². The number of hydrogen-bond acceptors (Lipinski definition) is 5. The molecule has 1 fully saturated rings. The number of rotatable bonds is 6. The summed E-state index contributed by atoms with van der Waals surface area (Å²) in [6.07, 6.45) is 8.74. The molecule has 7 heteroatoms. The van der Waals surface area contributed by atoms with Gasteiger partial charge in [-0.05, 0) is 59.3 Å². The Morgan fingerprint density at radius 2 is 1.81 bits per heavy atom. The van der Waals surface area contributed by atoms with Crippen molar-refractivity contribution in [3.05, 3.63) is 106 Å². The quantitative estimate of drug-likeness (QED) is 0.260. The molecule has 31 heavy (non-hydrogen) atoms. The standard InChI is InChI=1S/C24H18ClN3O2S/c25-20-12-10-19(11-13-20)16-22-23(29)28(17-21-9-5-15-30-21)24(31-22)27-26-14-4-8-18-6-2-1-3-7-18/h1-16H,17H2/b8-4+,22-16-,26-14-,27-24+. The van der Waals surface area contributed by atoms with Gasteiger partial charge in [0, 0.05) is 11.2 Å². The van der Waals surface area contributed by atoms with Gasteiger partial charge in [-0.25, -0.2) is 0 Å². The third-order valence-electron chi connectivity index (χ3n) is 4.33. The predicted molar refractivity (Wildman–Crippen MR) is 128 cm³/mol. The molecule has 2 aromatic carbocycles. The molecular formula is C24H18ClN3O2S. The molecule has 3 aromatic rings. The van der Waals surface area contributed by atoms with Crippen LogP contribution in [0.4, 0.5) is 0 Å². The molecule has 1 aliphatic rings. The third-order valence-corrected chi connectivity index (χ3v) is 5.58. The van der Waals surface area contributed by atoms with Gasteiger partial charge >= 0.3 is 0 Å². The second-order valence-electron chi connectivity index (χ2n) is 6.55. The number of hydrogen-bond donors (Lipinski definition) is 0. The number of amides is 1. The molecule has 0 bridgehead atoms. The van der Waals surface area contributed by atoms with Gasteiger partial charge in [0.2, 0.25) is 0 Å². The number of carbonyl (C=O) groups excluding carboxylic acids is 1. The summed E-state index contributed by atoms with van der Waals surface area (Å²) >= 11 is 7.23. The lowest BCUT2D eigenvalue weighted by Crippen LogP contribution is -2.28. The highest BCUT2D eigenvalue weighted by atomic mass is 35.5. The molecule has 2 heterocycles. The van der Waals surface area contributed by atoms with E-state index in [0.717, 1.165) is 11.1 Å². The van der Waals surface area contributed by atoms with Crippen molar-refractivity contribution in [2.45, 2.75) is 6.54 Å². The average molecular weight is 448 g/mol. The maximum absolute atomic E-state index is 13.0. The smallest absolute Gasteiger partial charge is 0.267 e. The number of thioether (sulfide) groups is 1. The van der Waals surface area contributed by atoms with Crippen LogP contribution in [0.5, 0.6) is 0 Å². The molecule has 154 valence electrons. The summed E-state index contributed by atoms with van der Waals surface area (Å²) < 4.78 is 5.41. The first-order valence-electron chi connectivity index (χ1n) is 9.51. The van der Waals surface area contributed by atoms with E-state index >= 15 is 0 Å². The normalized spacial score (nSPS) is 17.1. The molecule has 0 saturated carbocycles. The van der Waals surface area contributed by atoms with Gasteiger partial charge in [-0.2, -0.15) is 5.10 Å². The molecule has 0 spiro atoms. The zero-order valence-electron chi connectivity index (χ0n) is 16.4. The lowest BCUT2D eigenvalue weighted by atomic mass is 10.2. The van der Waals surface area contributed by atoms with Gasteiger partial charge in [0.05, 0.1) is 17.7 Å². The average Bonchev–Trinajstić information content (AvgIpc) is 3.40. The first-order chi connectivity index (χ1) is 15.2. The monoisotopic (exact) mass is 447 g/mol. The highest BCUT2D eigenvalue weighted by Crippen LogP contribution is 2.34. The second-order valence-corrected chi connectivity index (χ2v) is 8.00. The van der Waals surface area contributed by atoms with Crippen LogP contribution in [0.15, 0.2) is 98.6 Å². The van der Waals surface area contributed by atoms with E-state index in [1.54, 1.807) is 35.6 Å². The number of halogens is 1. The minimum absolute atomic E-state index is 0.148. The van der Waals surface area contributed by atoms with Crippen molar-refractivity contribution in [2.75, 3.05) is 0 Å². The van der Waals surface area contributed by atoms with Gasteiger partial charge in [-0.15, -0.1) is 5.10 Å². The lowest BCUT2D eigenvalue weighted by molar-refractivity contribution is -0.122. The van der Waals surface area contributed by atoms with Gasteiger partial charge < -0.3 is 4.42 Å². The van der Waals surface area contributed by atoms with Crippen LogP contribution in [0.2, 0.25) is 5.02 Å². The fraction of sp³-hybridized carbons (Fsp3) is 0.0417. The summed E-state index contributed by atoms with van der Waals surface area (Å²) in [7, 11) is 0. The van der Waals surface area contributed by atoms with Crippen molar-refractivity contribution >= 4 is 52.8 Å². The maximum atomic E-state index is 13.0. The van der Waals surface area contributed by atoms with E-state index in [0.29, 0.717) is 20.9 Å². The molecule has 1 aromatic heterocycles. The molecule has 1 saturated heterocycles. The Kier molecular flexibility index (Phi) is 6.82. The first kappa shape index (κ1) is 20.9. The van der Waals surface area contributed by atoms with Crippen molar-refractivity contribution in [2.24, 2.45) is 10.2 Å². The van der Waals surface area contributed by atoms with E-state index in [4.69, 9.17) is 16.0 Å². The van der Waals surface area contributed by atoms with Crippen LogP contribution < -0.4 is 0 Å². The maximum Gasteiger partial charge on any atom is 0.267 e. The van der Waals surface area contributed by atoms with E-state index < -0.39 is 0 Å². The highest BCUT2D eigenvalue weighted by Gasteiger charge is 2.34. The highest BCUT2D eigenvalue weighted by molar-refractivity contribution is 8.18. The molecule has 0 radical (unpaired) electrons. The summed E-state index contributed by atoms with van der Waals surface area (Å²) in [6, 6.07) is 20.8. The topological polar surface area (TPSA) is 58.2 Å².